The molecule has 1 aromatic carbocycles. The minimum Gasteiger partial charge on any atom is -0.358 e. The topological polar surface area (TPSA) is 90.0 Å². The number of nitrogens with one attached hydrogen (secondary N) is 1. The number of anilines is 2. The van der Waals surface area contributed by atoms with Gasteiger partial charge in [-0.3, -0.25) is 14.5 Å². The van der Waals surface area contributed by atoms with Crippen LogP contribution in [0.15, 0.2) is 23.1 Å². The number of fused-ring (bicyclic) bond motifs is 3. The zero-order chi connectivity index (χ0) is 20.6. The van der Waals surface area contributed by atoms with Gasteiger partial charge in [-0.15, -0.1) is 0 Å². The summed E-state index contributed by atoms with van der Waals surface area (Å²) in [5.74, 6) is -0.412. The van der Waals surface area contributed by atoms with E-state index in [0.717, 1.165) is 35.8 Å². The smallest absolute Gasteiger partial charge is 0.250 e. The quantitative estimate of drug-likeness (QED) is 0.790. The highest BCUT2D eigenvalue weighted by molar-refractivity contribution is 7.89. The van der Waals surface area contributed by atoms with Crippen LogP contribution in [0.2, 0.25) is 0 Å². The molecular formula is C19H28N4O4S. The molecule has 2 aliphatic rings. The third-order valence-electron chi connectivity index (χ3n) is 5.13. The average Bonchev–Trinajstić information content (AvgIpc) is 2.64. The number of piperidine rings is 1. The highest BCUT2D eigenvalue weighted by Crippen LogP contribution is 2.40. The summed E-state index contributed by atoms with van der Waals surface area (Å²) in [6.07, 6.45) is 2.68. The molecule has 1 fully saturated rings. The van der Waals surface area contributed by atoms with Gasteiger partial charge in [-0.2, -0.15) is 0 Å². The Balaban J connectivity index is 2.07. The van der Waals surface area contributed by atoms with Crippen molar-refractivity contribution in [1.82, 2.24) is 9.62 Å². The first-order valence-corrected chi connectivity index (χ1v) is 11.0. The van der Waals surface area contributed by atoms with Crippen LogP contribution in [0, 0.1) is 0 Å². The molecule has 0 aromatic heterocycles. The van der Waals surface area contributed by atoms with Crippen LogP contribution < -0.4 is 15.1 Å². The van der Waals surface area contributed by atoms with Crippen LogP contribution in [0.1, 0.15) is 33.1 Å². The molecule has 3 rings (SSSR count). The normalized spacial score (nSPS) is 19.6. The monoisotopic (exact) mass is 408 g/mol. The minimum absolute atomic E-state index is 0.0431. The molecule has 28 heavy (non-hydrogen) atoms. The van der Waals surface area contributed by atoms with Gasteiger partial charge in [0.05, 0.1) is 16.3 Å². The van der Waals surface area contributed by atoms with Gasteiger partial charge in [0, 0.05) is 26.7 Å². The molecule has 1 aromatic rings. The van der Waals surface area contributed by atoms with Crippen molar-refractivity contribution >= 4 is 33.2 Å². The molecule has 0 radical (unpaired) electrons. The van der Waals surface area contributed by atoms with Crippen molar-refractivity contribution in [2.24, 2.45) is 0 Å². The van der Waals surface area contributed by atoms with Gasteiger partial charge in [-0.1, -0.05) is 0 Å². The Morgan fingerprint density at radius 2 is 1.96 bits per heavy atom. The molecule has 154 valence electrons. The van der Waals surface area contributed by atoms with Crippen molar-refractivity contribution in [2.75, 3.05) is 37.0 Å². The SMILES string of the molecule is CC(C)NC(=O)CN1C(=O)C2CCCCN2c2ccc(S(=O)(=O)N(C)C)cc21. The molecule has 2 aliphatic heterocycles. The summed E-state index contributed by atoms with van der Waals surface area (Å²) < 4.78 is 26.3. The highest BCUT2D eigenvalue weighted by Gasteiger charge is 2.40. The third kappa shape index (κ3) is 3.73. The summed E-state index contributed by atoms with van der Waals surface area (Å²) in [6, 6.07) is 4.49. The summed E-state index contributed by atoms with van der Waals surface area (Å²) in [5, 5.41) is 2.80. The van der Waals surface area contributed by atoms with Crippen molar-refractivity contribution in [3.63, 3.8) is 0 Å². The van der Waals surface area contributed by atoms with Gasteiger partial charge in [0.25, 0.3) is 0 Å². The Labute approximate surface area is 166 Å². The van der Waals surface area contributed by atoms with Crippen LogP contribution in [-0.2, 0) is 19.6 Å². The Bertz CT molecular complexity index is 882. The molecule has 0 spiro atoms. The molecule has 0 aliphatic carbocycles. The van der Waals surface area contributed by atoms with Crippen molar-refractivity contribution in [3.05, 3.63) is 18.2 Å². The van der Waals surface area contributed by atoms with Gasteiger partial charge in [-0.25, -0.2) is 12.7 Å². The molecule has 1 N–H and O–H groups in total. The lowest BCUT2D eigenvalue weighted by molar-refractivity contribution is -0.125. The van der Waals surface area contributed by atoms with Crippen LogP contribution in [0.3, 0.4) is 0 Å². The third-order valence-corrected chi connectivity index (χ3v) is 6.94. The lowest BCUT2D eigenvalue weighted by Gasteiger charge is -2.45. The molecule has 1 saturated heterocycles. The number of rotatable bonds is 5. The van der Waals surface area contributed by atoms with E-state index in [1.165, 1.54) is 25.1 Å². The molecule has 1 atom stereocenters. The lowest BCUT2D eigenvalue weighted by Crippen LogP contribution is -2.57. The van der Waals surface area contributed by atoms with Gasteiger partial charge in [0.2, 0.25) is 21.8 Å². The maximum atomic E-state index is 13.2. The van der Waals surface area contributed by atoms with Gasteiger partial charge < -0.3 is 10.2 Å². The zero-order valence-electron chi connectivity index (χ0n) is 16.8. The summed E-state index contributed by atoms with van der Waals surface area (Å²) in [6.45, 7) is 4.33. The molecule has 8 nitrogen and oxygen atoms in total. The van der Waals surface area contributed by atoms with Gasteiger partial charge in [0.15, 0.2) is 0 Å². The van der Waals surface area contributed by atoms with Crippen LogP contribution in [0.25, 0.3) is 0 Å². The zero-order valence-corrected chi connectivity index (χ0v) is 17.6. The van der Waals surface area contributed by atoms with Crippen LogP contribution in [0.4, 0.5) is 11.4 Å². The standard InChI is InChI=1S/C19H28N4O4S/c1-13(2)20-18(24)12-23-17-11-14(28(26,27)21(3)4)8-9-15(17)22-10-6-5-7-16(22)19(23)25/h8-9,11,13,16H,5-7,10,12H2,1-4H3,(H,20,24). The number of amides is 2. The summed E-state index contributed by atoms with van der Waals surface area (Å²) in [5.41, 5.74) is 1.28. The number of sulfonamides is 1. The number of nitrogens with zero attached hydrogens (tertiary/aromatic N) is 3. The van der Waals surface area contributed by atoms with Crippen LogP contribution in [-0.4, -0.2) is 63.8 Å². The van der Waals surface area contributed by atoms with Crippen LogP contribution in [0.5, 0.6) is 0 Å². The summed E-state index contributed by atoms with van der Waals surface area (Å²) >= 11 is 0. The van der Waals surface area contributed by atoms with Gasteiger partial charge in [0.1, 0.15) is 12.6 Å². The fourth-order valence-electron chi connectivity index (χ4n) is 3.78. The Morgan fingerprint density at radius 1 is 1.25 bits per heavy atom. The first-order chi connectivity index (χ1) is 13.1. The van der Waals surface area contributed by atoms with Crippen molar-refractivity contribution in [3.8, 4) is 0 Å². The Morgan fingerprint density at radius 3 is 2.61 bits per heavy atom. The second kappa shape index (κ2) is 7.71. The number of hydrogen-bond acceptors (Lipinski definition) is 5. The highest BCUT2D eigenvalue weighted by atomic mass is 32.2. The molecular weight excluding hydrogens is 380 g/mol. The predicted octanol–water partition coefficient (Wildman–Crippen LogP) is 1.17. The largest absolute Gasteiger partial charge is 0.358 e. The van der Waals surface area contributed by atoms with Gasteiger partial charge in [-0.05, 0) is 51.3 Å². The van der Waals surface area contributed by atoms with E-state index in [9.17, 15) is 18.0 Å². The van der Waals surface area contributed by atoms with Crippen molar-refractivity contribution in [1.29, 1.82) is 0 Å². The van der Waals surface area contributed by atoms with E-state index in [1.807, 2.05) is 18.7 Å². The number of carbonyl (C=O) groups is 2. The van der Waals surface area contributed by atoms with Crippen molar-refractivity contribution < 1.29 is 18.0 Å². The van der Waals surface area contributed by atoms with E-state index in [0.29, 0.717) is 5.69 Å². The van der Waals surface area contributed by atoms with Crippen molar-refractivity contribution in [2.45, 2.75) is 50.1 Å². The van der Waals surface area contributed by atoms with E-state index in [4.69, 9.17) is 0 Å². The van der Waals surface area contributed by atoms with E-state index < -0.39 is 10.0 Å². The van der Waals surface area contributed by atoms with E-state index in [1.54, 1.807) is 12.1 Å². The van der Waals surface area contributed by atoms with Gasteiger partial charge >= 0.3 is 0 Å². The lowest BCUT2D eigenvalue weighted by atomic mass is 9.96. The van der Waals surface area contributed by atoms with E-state index >= 15 is 0 Å². The number of benzene rings is 1. The Kier molecular flexibility index (Phi) is 5.67. The number of carbonyl (C=O) groups excluding carboxylic acids is 2. The summed E-state index contributed by atoms with van der Waals surface area (Å²) in [7, 11) is -0.718. The fourth-order valence-corrected chi connectivity index (χ4v) is 4.71. The molecule has 2 amide bonds. The minimum atomic E-state index is -3.65. The number of hydrogen-bond donors (Lipinski definition) is 1. The molecule has 9 heteroatoms. The summed E-state index contributed by atoms with van der Waals surface area (Å²) in [4.78, 5) is 29.2. The molecule has 1 unspecified atom stereocenters. The molecule has 0 bridgehead atoms. The average molecular weight is 409 g/mol. The van der Waals surface area contributed by atoms with E-state index in [-0.39, 0.29) is 35.3 Å². The molecule has 2 heterocycles. The van der Waals surface area contributed by atoms with E-state index in [2.05, 4.69) is 5.32 Å². The second-order valence-electron chi connectivity index (χ2n) is 7.79. The predicted molar refractivity (Wildman–Crippen MR) is 108 cm³/mol. The Hall–Kier alpha value is -2.13. The van der Waals surface area contributed by atoms with Crippen LogP contribution >= 0.6 is 0 Å². The fraction of sp³-hybridized carbons (Fsp3) is 0.579. The first-order valence-electron chi connectivity index (χ1n) is 9.57. The first kappa shape index (κ1) is 20.6. The molecule has 0 saturated carbocycles. The maximum Gasteiger partial charge on any atom is 0.250 e. The second-order valence-corrected chi connectivity index (χ2v) is 9.94. The maximum absolute atomic E-state index is 13.2.